The fourth-order valence-electron chi connectivity index (χ4n) is 2.37. The molecular formula is C16H14F2N4O4S. The van der Waals surface area contributed by atoms with E-state index in [-0.39, 0.29) is 18.0 Å². The molecule has 0 fully saturated rings. The van der Waals surface area contributed by atoms with Gasteiger partial charge in [-0.05, 0) is 24.3 Å². The largest absolute Gasteiger partial charge is 0.348 e. The van der Waals surface area contributed by atoms with Gasteiger partial charge in [0.1, 0.15) is 0 Å². The molecule has 11 heteroatoms. The summed E-state index contributed by atoms with van der Waals surface area (Å²) < 4.78 is 55.9. The Kier molecular flexibility index (Phi) is 5.04. The number of nitrogens with zero attached hydrogens (tertiary/aromatic N) is 3. The van der Waals surface area contributed by atoms with E-state index in [4.69, 9.17) is 4.52 Å². The summed E-state index contributed by atoms with van der Waals surface area (Å²) >= 11 is 0. The zero-order valence-corrected chi connectivity index (χ0v) is 14.8. The maximum atomic E-state index is 12.8. The van der Waals surface area contributed by atoms with Crippen LogP contribution >= 0.6 is 0 Å². The van der Waals surface area contributed by atoms with Crippen LogP contribution in [-0.2, 0) is 23.4 Å². The molecule has 1 N–H and O–H groups in total. The van der Waals surface area contributed by atoms with Gasteiger partial charge >= 0.3 is 5.76 Å². The molecule has 3 aromatic rings. The first-order valence-corrected chi connectivity index (χ1v) is 9.19. The number of aromatic nitrogens is 3. The third kappa shape index (κ3) is 3.72. The Balaban J connectivity index is 1.76. The Morgan fingerprint density at radius 1 is 1.26 bits per heavy atom. The van der Waals surface area contributed by atoms with Crippen molar-refractivity contribution in [1.29, 1.82) is 0 Å². The number of aryl methyl sites for hydroxylation is 1. The smallest absolute Gasteiger partial charge is 0.341 e. The molecule has 1 aromatic carbocycles. The third-order valence-corrected chi connectivity index (χ3v) is 5.15. The van der Waals surface area contributed by atoms with Crippen molar-refractivity contribution in [2.75, 3.05) is 0 Å². The molecule has 0 aliphatic rings. The zero-order chi connectivity index (χ0) is 19.6. The predicted molar refractivity (Wildman–Crippen MR) is 89.5 cm³/mol. The van der Waals surface area contributed by atoms with Gasteiger partial charge in [0.2, 0.25) is 21.6 Å². The van der Waals surface area contributed by atoms with Gasteiger partial charge in [-0.3, -0.25) is 4.79 Å². The number of carbonyl (C=O) groups excluding carboxylic acids is 1. The van der Waals surface area contributed by atoms with Gasteiger partial charge in [0.05, 0.1) is 22.7 Å². The number of alkyl halides is 2. The van der Waals surface area contributed by atoms with Crippen molar-refractivity contribution in [2.24, 2.45) is 7.05 Å². The fraction of sp³-hybridized carbons (Fsp3) is 0.188. The molecule has 0 aliphatic carbocycles. The van der Waals surface area contributed by atoms with Gasteiger partial charge in [-0.1, -0.05) is 17.3 Å². The van der Waals surface area contributed by atoms with Crippen molar-refractivity contribution in [3.8, 4) is 11.5 Å². The van der Waals surface area contributed by atoms with Gasteiger partial charge in [-0.2, -0.15) is 13.8 Å². The molecule has 27 heavy (non-hydrogen) atoms. The molecule has 142 valence electrons. The van der Waals surface area contributed by atoms with Crippen LogP contribution < -0.4 is 5.32 Å². The summed E-state index contributed by atoms with van der Waals surface area (Å²) in [6, 6.07) is 8.31. The second-order valence-corrected chi connectivity index (χ2v) is 7.39. The minimum absolute atomic E-state index is 0.0775. The van der Waals surface area contributed by atoms with E-state index in [1.807, 2.05) is 0 Å². The average molecular weight is 396 g/mol. The number of rotatable bonds is 6. The minimum atomic E-state index is -4.91. The highest BCUT2D eigenvalue weighted by Crippen LogP contribution is 2.22. The van der Waals surface area contributed by atoms with Crippen molar-refractivity contribution < 1.29 is 26.5 Å². The molecular weight excluding hydrogens is 382 g/mol. The molecule has 1 amide bonds. The molecule has 2 aromatic heterocycles. The molecule has 0 spiro atoms. The Bertz CT molecular complexity index is 1080. The molecule has 0 aliphatic heterocycles. The lowest BCUT2D eigenvalue weighted by Crippen LogP contribution is -2.26. The summed E-state index contributed by atoms with van der Waals surface area (Å²) in [7, 11) is -3.11. The molecule has 0 unspecified atom stereocenters. The molecule has 0 atom stereocenters. The summed E-state index contributed by atoms with van der Waals surface area (Å²) in [5, 5.41) is 6.19. The van der Waals surface area contributed by atoms with Gasteiger partial charge in [0, 0.05) is 13.2 Å². The lowest BCUT2D eigenvalue weighted by molar-refractivity contribution is 0.0943. The van der Waals surface area contributed by atoms with E-state index in [1.54, 1.807) is 29.9 Å². The summed E-state index contributed by atoms with van der Waals surface area (Å²) in [6.07, 6.45) is 1.80. The third-order valence-electron chi connectivity index (χ3n) is 3.71. The number of hydrogen-bond donors (Lipinski definition) is 1. The van der Waals surface area contributed by atoms with E-state index in [9.17, 15) is 22.0 Å². The van der Waals surface area contributed by atoms with Crippen LogP contribution in [0.1, 0.15) is 16.2 Å². The normalized spacial score (nSPS) is 11.7. The SMILES string of the molecule is Cn1cccc1-c1noc(CNC(=O)c2ccccc2S(=O)(=O)C(F)F)n1. The first kappa shape index (κ1) is 18.7. The van der Waals surface area contributed by atoms with Crippen LogP contribution in [0.5, 0.6) is 0 Å². The number of nitrogens with one attached hydrogen (secondary N) is 1. The van der Waals surface area contributed by atoms with E-state index in [1.165, 1.54) is 12.1 Å². The Morgan fingerprint density at radius 2 is 2.00 bits per heavy atom. The molecule has 3 rings (SSSR count). The van der Waals surface area contributed by atoms with Gasteiger partial charge in [-0.25, -0.2) is 8.42 Å². The highest BCUT2D eigenvalue weighted by atomic mass is 32.2. The topological polar surface area (TPSA) is 107 Å². The number of carbonyl (C=O) groups is 1. The van der Waals surface area contributed by atoms with Gasteiger partial charge < -0.3 is 14.4 Å². The van der Waals surface area contributed by atoms with E-state index >= 15 is 0 Å². The van der Waals surface area contributed by atoms with Gasteiger partial charge in [0.25, 0.3) is 5.91 Å². The van der Waals surface area contributed by atoms with Crippen LogP contribution in [0, 0.1) is 0 Å². The molecule has 0 bridgehead atoms. The summed E-state index contributed by atoms with van der Waals surface area (Å²) in [5.74, 6) is -4.09. The van der Waals surface area contributed by atoms with E-state index < -0.39 is 26.4 Å². The summed E-state index contributed by atoms with van der Waals surface area (Å²) in [5.41, 5.74) is 0.310. The second-order valence-electron chi connectivity index (χ2n) is 5.50. The van der Waals surface area contributed by atoms with Crippen LogP contribution in [-0.4, -0.2) is 34.8 Å². The number of benzene rings is 1. The number of hydrogen-bond acceptors (Lipinski definition) is 6. The number of amides is 1. The highest BCUT2D eigenvalue weighted by Gasteiger charge is 2.30. The van der Waals surface area contributed by atoms with Crippen molar-refractivity contribution in [3.05, 3.63) is 54.0 Å². The molecule has 2 heterocycles. The molecule has 0 saturated heterocycles. The quantitative estimate of drug-likeness (QED) is 0.683. The van der Waals surface area contributed by atoms with Gasteiger partial charge in [0.15, 0.2) is 0 Å². The first-order chi connectivity index (χ1) is 12.8. The first-order valence-electron chi connectivity index (χ1n) is 7.64. The van der Waals surface area contributed by atoms with Crippen LogP contribution in [0.2, 0.25) is 0 Å². The second kappa shape index (κ2) is 7.27. The maximum absolute atomic E-state index is 12.8. The summed E-state index contributed by atoms with van der Waals surface area (Å²) in [6.45, 7) is -0.195. The molecule has 0 saturated carbocycles. The van der Waals surface area contributed by atoms with Crippen molar-refractivity contribution >= 4 is 15.7 Å². The average Bonchev–Trinajstić information content (AvgIpc) is 3.28. The Labute approximate surface area is 152 Å². The predicted octanol–water partition coefficient (Wildman–Crippen LogP) is 2.00. The van der Waals surface area contributed by atoms with E-state index in [0.29, 0.717) is 11.5 Å². The van der Waals surface area contributed by atoms with Gasteiger partial charge in [-0.15, -0.1) is 0 Å². The number of sulfone groups is 1. The van der Waals surface area contributed by atoms with Crippen molar-refractivity contribution in [1.82, 2.24) is 20.0 Å². The van der Waals surface area contributed by atoms with Crippen LogP contribution in [0.4, 0.5) is 8.78 Å². The minimum Gasteiger partial charge on any atom is -0.348 e. The summed E-state index contributed by atoms with van der Waals surface area (Å²) in [4.78, 5) is 15.7. The Hall–Kier alpha value is -3.08. The van der Waals surface area contributed by atoms with Crippen molar-refractivity contribution in [3.63, 3.8) is 0 Å². The maximum Gasteiger partial charge on any atom is 0.341 e. The highest BCUT2D eigenvalue weighted by molar-refractivity contribution is 7.91. The van der Waals surface area contributed by atoms with Crippen LogP contribution in [0.25, 0.3) is 11.5 Å². The zero-order valence-electron chi connectivity index (χ0n) is 14.0. The van der Waals surface area contributed by atoms with Crippen LogP contribution in [0.3, 0.4) is 0 Å². The van der Waals surface area contributed by atoms with Crippen molar-refractivity contribution in [2.45, 2.75) is 17.2 Å². The standard InChI is InChI=1S/C16H14F2N4O4S/c1-22-8-4-6-11(22)14-20-13(26-21-14)9-19-15(23)10-5-2-3-7-12(10)27(24,25)16(17)18/h2-8,16H,9H2,1H3,(H,19,23). The fourth-order valence-corrected chi connectivity index (χ4v) is 3.30. The van der Waals surface area contributed by atoms with Crippen LogP contribution in [0.15, 0.2) is 52.0 Å². The number of halogens is 2. The lowest BCUT2D eigenvalue weighted by Gasteiger charge is -2.09. The Morgan fingerprint density at radius 3 is 2.67 bits per heavy atom. The van der Waals surface area contributed by atoms with E-state index in [0.717, 1.165) is 12.1 Å². The molecule has 0 radical (unpaired) electrons. The lowest BCUT2D eigenvalue weighted by atomic mass is 10.2. The van der Waals surface area contributed by atoms with E-state index in [2.05, 4.69) is 15.5 Å². The molecule has 8 nitrogen and oxygen atoms in total. The monoisotopic (exact) mass is 396 g/mol.